The fraction of sp³-hybridized carbons (Fsp3) is 0.375. The van der Waals surface area contributed by atoms with Gasteiger partial charge >= 0.3 is 18.2 Å². The van der Waals surface area contributed by atoms with Crippen LogP contribution >= 0.6 is 11.8 Å². The topological polar surface area (TPSA) is 95.9 Å². The Morgan fingerprint density at radius 3 is 2.26 bits per heavy atom. The van der Waals surface area contributed by atoms with Crippen molar-refractivity contribution in [2.24, 2.45) is 0 Å². The number of nitrogens with zero attached hydrogens (tertiary/aromatic N) is 1. The first kappa shape index (κ1) is 24.9. The number of carbonyl (C=O) groups is 3. The summed E-state index contributed by atoms with van der Waals surface area (Å²) in [5, 5.41) is 10.0. The average molecular weight is 509 g/mol. The molecule has 7 nitrogen and oxygen atoms in total. The van der Waals surface area contributed by atoms with Gasteiger partial charge in [-0.15, -0.1) is 11.8 Å². The maximum Gasteiger partial charge on any atom is 0.409 e. The lowest BCUT2D eigenvalue weighted by Crippen LogP contribution is -2.51. The van der Waals surface area contributed by atoms with E-state index in [1.165, 1.54) is 0 Å². The molecule has 11 heteroatoms. The highest BCUT2D eigenvalue weighted by atomic mass is 32.2. The molecule has 0 bridgehead atoms. The van der Waals surface area contributed by atoms with Crippen LogP contribution in [0.15, 0.2) is 48.5 Å². The molecule has 1 aliphatic carbocycles. The summed E-state index contributed by atoms with van der Waals surface area (Å²) in [5.41, 5.74) is 3.80. The first-order valence-corrected chi connectivity index (χ1v) is 12.0. The molecule has 2 N–H and O–H groups in total. The summed E-state index contributed by atoms with van der Waals surface area (Å²) in [6.07, 6.45) is -7.21. The molecule has 2 atom stereocenters. The predicted molar refractivity (Wildman–Crippen MR) is 123 cm³/mol. The number of hydrogen-bond acceptors (Lipinski definition) is 5. The van der Waals surface area contributed by atoms with Crippen molar-refractivity contribution < 1.29 is 37.4 Å². The molecule has 2 amide bonds. The molecule has 2 aliphatic rings. The Balaban J connectivity index is 1.39. The van der Waals surface area contributed by atoms with E-state index in [-0.39, 0.29) is 25.6 Å². The standard InChI is InChI=1S/C24H23F3N2O5S/c25-24(26,27)20(11-21(30)29-9-10-35-19(12-29)22(31)32)28-23(33)34-13-18-16-7-3-1-5-14(16)15-6-2-4-8-17(15)18/h1-8,18-20H,9-13H2,(H,28,33)(H,31,32). The van der Waals surface area contributed by atoms with Gasteiger partial charge in [-0.3, -0.25) is 9.59 Å². The first-order valence-electron chi connectivity index (χ1n) is 11.0. The van der Waals surface area contributed by atoms with Crippen molar-refractivity contribution in [1.29, 1.82) is 0 Å². The van der Waals surface area contributed by atoms with Gasteiger partial charge < -0.3 is 20.1 Å². The summed E-state index contributed by atoms with van der Waals surface area (Å²) < 4.78 is 46.0. The number of alkyl carbamates (subject to hydrolysis) is 1. The fourth-order valence-corrected chi connectivity index (χ4v) is 5.40. The number of aliphatic carboxylic acids is 1. The minimum atomic E-state index is -4.89. The van der Waals surface area contributed by atoms with E-state index in [1.807, 2.05) is 48.5 Å². The highest BCUT2D eigenvalue weighted by molar-refractivity contribution is 8.00. The number of benzene rings is 2. The van der Waals surface area contributed by atoms with Crippen molar-refractivity contribution in [2.45, 2.75) is 29.8 Å². The lowest BCUT2D eigenvalue weighted by atomic mass is 9.98. The second-order valence-electron chi connectivity index (χ2n) is 8.31. The van der Waals surface area contributed by atoms with Crippen molar-refractivity contribution in [2.75, 3.05) is 25.4 Å². The smallest absolute Gasteiger partial charge is 0.409 e. The number of carbonyl (C=O) groups excluding carboxylic acids is 2. The van der Waals surface area contributed by atoms with Crippen LogP contribution in [0.1, 0.15) is 23.5 Å². The van der Waals surface area contributed by atoms with Crippen molar-refractivity contribution in [3.05, 3.63) is 59.7 Å². The zero-order valence-corrected chi connectivity index (χ0v) is 19.3. The summed E-state index contributed by atoms with van der Waals surface area (Å²) in [4.78, 5) is 37.1. The third-order valence-corrected chi connectivity index (χ3v) is 7.28. The van der Waals surface area contributed by atoms with Crippen LogP contribution in [0.3, 0.4) is 0 Å². The summed E-state index contributed by atoms with van der Waals surface area (Å²) in [6, 6.07) is 12.7. The molecule has 1 fully saturated rings. The van der Waals surface area contributed by atoms with E-state index in [0.717, 1.165) is 38.9 Å². The Labute approximate surface area is 203 Å². The maximum atomic E-state index is 13.6. The summed E-state index contributed by atoms with van der Waals surface area (Å²) in [7, 11) is 0. The number of hydrogen-bond donors (Lipinski definition) is 2. The molecule has 1 aliphatic heterocycles. The number of alkyl halides is 3. The van der Waals surface area contributed by atoms with Gasteiger partial charge in [-0.2, -0.15) is 13.2 Å². The second kappa shape index (κ2) is 10.2. The van der Waals surface area contributed by atoms with Crippen LogP contribution in [0.4, 0.5) is 18.0 Å². The Bertz CT molecular complexity index is 1080. The number of fused-ring (bicyclic) bond motifs is 3. The lowest BCUT2D eigenvalue weighted by molar-refractivity contribution is -0.163. The zero-order chi connectivity index (χ0) is 25.2. The van der Waals surface area contributed by atoms with Gasteiger partial charge in [0, 0.05) is 24.8 Å². The summed E-state index contributed by atoms with van der Waals surface area (Å²) >= 11 is 1.13. The van der Waals surface area contributed by atoms with E-state index < -0.39 is 41.9 Å². The number of amides is 2. The Kier molecular flexibility index (Phi) is 7.25. The first-order chi connectivity index (χ1) is 16.6. The summed E-state index contributed by atoms with van der Waals surface area (Å²) in [6.45, 7) is -0.209. The number of thioether (sulfide) groups is 1. The second-order valence-corrected chi connectivity index (χ2v) is 9.62. The molecule has 0 aromatic heterocycles. The minimum absolute atomic E-state index is 0.142. The maximum absolute atomic E-state index is 13.6. The van der Waals surface area contributed by atoms with Crippen LogP contribution < -0.4 is 5.32 Å². The number of carboxylic acid groups (broad SMARTS) is 1. The molecule has 2 aromatic rings. The molecule has 1 heterocycles. The fourth-order valence-electron chi connectivity index (χ4n) is 4.36. The average Bonchev–Trinajstić information content (AvgIpc) is 3.15. The van der Waals surface area contributed by atoms with Gasteiger partial charge in [0.05, 0.1) is 6.42 Å². The van der Waals surface area contributed by atoms with E-state index in [4.69, 9.17) is 9.84 Å². The van der Waals surface area contributed by atoms with Gasteiger partial charge in [-0.1, -0.05) is 48.5 Å². The Morgan fingerprint density at radius 1 is 1.09 bits per heavy atom. The molecule has 2 aromatic carbocycles. The number of carboxylic acids is 1. The quantitative estimate of drug-likeness (QED) is 0.615. The third kappa shape index (κ3) is 5.55. The van der Waals surface area contributed by atoms with Crippen LogP contribution in [0.25, 0.3) is 11.1 Å². The molecule has 4 rings (SSSR count). The molecular formula is C24H23F3N2O5S. The number of ether oxygens (including phenoxy) is 1. The number of rotatable bonds is 6. The van der Waals surface area contributed by atoms with Crippen molar-refractivity contribution in [3.63, 3.8) is 0 Å². The monoisotopic (exact) mass is 508 g/mol. The van der Waals surface area contributed by atoms with Crippen LogP contribution in [0.2, 0.25) is 0 Å². The number of halogens is 3. The molecule has 0 radical (unpaired) electrons. The van der Waals surface area contributed by atoms with Gasteiger partial charge in [0.15, 0.2) is 0 Å². The van der Waals surface area contributed by atoms with Crippen LogP contribution in [0.5, 0.6) is 0 Å². The van der Waals surface area contributed by atoms with Crippen LogP contribution in [0, 0.1) is 0 Å². The van der Waals surface area contributed by atoms with Gasteiger partial charge in [0.25, 0.3) is 0 Å². The van der Waals surface area contributed by atoms with Crippen molar-refractivity contribution in [1.82, 2.24) is 10.2 Å². The van der Waals surface area contributed by atoms with Crippen molar-refractivity contribution in [3.8, 4) is 11.1 Å². The van der Waals surface area contributed by atoms with E-state index in [9.17, 15) is 27.6 Å². The minimum Gasteiger partial charge on any atom is -0.480 e. The molecule has 1 saturated heterocycles. The van der Waals surface area contributed by atoms with Gasteiger partial charge in [-0.05, 0) is 22.3 Å². The van der Waals surface area contributed by atoms with Gasteiger partial charge in [0.1, 0.15) is 17.9 Å². The van der Waals surface area contributed by atoms with Gasteiger partial charge in [0.2, 0.25) is 5.91 Å². The normalized spacial score (nSPS) is 18.4. The Morgan fingerprint density at radius 2 is 1.69 bits per heavy atom. The molecule has 0 spiro atoms. The van der Waals surface area contributed by atoms with Gasteiger partial charge in [-0.25, -0.2) is 4.79 Å². The number of nitrogens with one attached hydrogen (secondary N) is 1. The highest BCUT2D eigenvalue weighted by Gasteiger charge is 2.44. The van der Waals surface area contributed by atoms with Crippen LogP contribution in [-0.2, 0) is 14.3 Å². The molecular weight excluding hydrogens is 485 g/mol. The summed E-state index contributed by atoms with van der Waals surface area (Å²) in [5.74, 6) is -2.02. The van der Waals surface area contributed by atoms with Crippen molar-refractivity contribution >= 4 is 29.7 Å². The zero-order valence-electron chi connectivity index (χ0n) is 18.5. The largest absolute Gasteiger partial charge is 0.480 e. The lowest BCUT2D eigenvalue weighted by Gasteiger charge is -2.32. The van der Waals surface area contributed by atoms with E-state index in [2.05, 4.69) is 0 Å². The van der Waals surface area contributed by atoms with E-state index in [1.54, 1.807) is 5.32 Å². The van der Waals surface area contributed by atoms with E-state index >= 15 is 0 Å². The molecule has 35 heavy (non-hydrogen) atoms. The van der Waals surface area contributed by atoms with E-state index in [0.29, 0.717) is 5.75 Å². The van der Waals surface area contributed by atoms with Crippen LogP contribution in [-0.4, -0.2) is 70.9 Å². The molecule has 0 saturated carbocycles. The molecule has 2 unspecified atom stereocenters. The highest BCUT2D eigenvalue weighted by Crippen LogP contribution is 2.44. The molecule has 186 valence electrons. The predicted octanol–water partition coefficient (Wildman–Crippen LogP) is 3.87. The SMILES string of the molecule is O=C(NC(CC(=O)N1CCSC(C(=O)O)C1)C(F)(F)F)OCC1c2ccccc2-c2ccccc21. The third-order valence-electron chi connectivity index (χ3n) is 6.10. The Hall–Kier alpha value is -3.21.